The van der Waals surface area contributed by atoms with E-state index < -0.39 is 14.6 Å². The zero-order chi connectivity index (χ0) is 11.7. The second-order valence-electron chi connectivity index (χ2n) is 4.44. The van der Waals surface area contributed by atoms with Crippen molar-refractivity contribution in [1.82, 2.24) is 0 Å². The van der Waals surface area contributed by atoms with Crippen molar-refractivity contribution >= 4 is 9.84 Å². The standard InChI is InChI=1S/C10H17NO3S/c1-8-4-9(6-14-2)5-10(8,7-11)15(3,12)13/h8-9H,4-6H2,1-3H3/t8-,9+,10-/m0/s1. The lowest BCUT2D eigenvalue weighted by molar-refractivity contribution is 0.153. The van der Waals surface area contributed by atoms with Crippen molar-refractivity contribution in [2.45, 2.75) is 24.5 Å². The molecule has 1 aliphatic rings. The molecule has 0 amide bonds. The average molecular weight is 231 g/mol. The molecule has 1 fully saturated rings. The number of rotatable bonds is 3. The summed E-state index contributed by atoms with van der Waals surface area (Å²) in [6, 6.07) is 2.01. The van der Waals surface area contributed by atoms with E-state index in [0.29, 0.717) is 13.0 Å². The molecule has 1 rings (SSSR count). The monoisotopic (exact) mass is 231 g/mol. The second kappa shape index (κ2) is 4.11. The summed E-state index contributed by atoms with van der Waals surface area (Å²) in [4.78, 5) is 0. The first kappa shape index (κ1) is 12.5. The Balaban J connectivity index is 3.00. The van der Waals surface area contributed by atoms with Crippen LogP contribution in [0.25, 0.3) is 0 Å². The summed E-state index contributed by atoms with van der Waals surface area (Å²) in [5.41, 5.74) is 0. The lowest BCUT2D eigenvalue weighted by Crippen LogP contribution is -2.39. The van der Waals surface area contributed by atoms with E-state index in [2.05, 4.69) is 0 Å². The SMILES string of the molecule is COC[C@@H]1C[C@H](C)[C@](C#N)(S(C)(=O)=O)C1. The molecule has 1 saturated carbocycles. The van der Waals surface area contributed by atoms with Gasteiger partial charge in [0.15, 0.2) is 14.6 Å². The van der Waals surface area contributed by atoms with Crippen molar-refractivity contribution in [3.8, 4) is 6.07 Å². The Morgan fingerprint density at radius 3 is 2.53 bits per heavy atom. The number of methoxy groups -OCH3 is 1. The Kier molecular flexibility index (Phi) is 3.41. The van der Waals surface area contributed by atoms with Gasteiger partial charge >= 0.3 is 0 Å². The highest BCUT2D eigenvalue weighted by atomic mass is 32.2. The molecule has 15 heavy (non-hydrogen) atoms. The molecule has 0 heterocycles. The molecule has 1 aliphatic carbocycles. The van der Waals surface area contributed by atoms with E-state index >= 15 is 0 Å². The molecular formula is C10H17NO3S. The maximum atomic E-state index is 11.7. The molecule has 0 spiro atoms. The fraction of sp³-hybridized carbons (Fsp3) is 0.900. The lowest BCUT2D eigenvalue weighted by Gasteiger charge is -2.23. The van der Waals surface area contributed by atoms with Crippen LogP contribution < -0.4 is 0 Å². The maximum absolute atomic E-state index is 11.7. The molecule has 86 valence electrons. The lowest BCUT2D eigenvalue weighted by atomic mass is 9.99. The van der Waals surface area contributed by atoms with Crippen molar-refractivity contribution in [3.05, 3.63) is 0 Å². The van der Waals surface area contributed by atoms with E-state index in [9.17, 15) is 8.42 Å². The molecule has 5 heteroatoms. The largest absolute Gasteiger partial charge is 0.384 e. The fourth-order valence-electron chi connectivity index (χ4n) is 2.52. The highest BCUT2D eigenvalue weighted by Crippen LogP contribution is 2.44. The summed E-state index contributed by atoms with van der Waals surface area (Å²) in [6.07, 6.45) is 2.30. The van der Waals surface area contributed by atoms with Gasteiger partial charge in [0.25, 0.3) is 0 Å². The third-order valence-corrected chi connectivity index (χ3v) is 5.31. The molecule has 0 aromatic rings. The predicted octanol–water partition coefficient (Wildman–Crippen LogP) is 0.986. The van der Waals surface area contributed by atoms with Crippen LogP contribution in [0.1, 0.15) is 19.8 Å². The summed E-state index contributed by atoms with van der Waals surface area (Å²) < 4.78 is 27.2. The number of nitriles is 1. The van der Waals surface area contributed by atoms with Gasteiger partial charge in [0.1, 0.15) is 0 Å². The van der Waals surface area contributed by atoms with Crippen LogP contribution in [0.2, 0.25) is 0 Å². The van der Waals surface area contributed by atoms with Crippen LogP contribution in [0.3, 0.4) is 0 Å². The van der Waals surface area contributed by atoms with Crippen molar-refractivity contribution in [3.63, 3.8) is 0 Å². The van der Waals surface area contributed by atoms with Gasteiger partial charge in [-0.15, -0.1) is 0 Å². The molecule has 0 N–H and O–H groups in total. The van der Waals surface area contributed by atoms with Gasteiger partial charge < -0.3 is 4.74 Å². The molecule has 0 saturated heterocycles. The zero-order valence-corrected chi connectivity index (χ0v) is 10.2. The number of hydrogen-bond acceptors (Lipinski definition) is 4. The first-order valence-corrected chi connectivity index (χ1v) is 6.86. The first-order valence-electron chi connectivity index (χ1n) is 4.97. The van der Waals surface area contributed by atoms with E-state index in [-0.39, 0.29) is 11.8 Å². The maximum Gasteiger partial charge on any atom is 0.166 e. The van der Waals surface area contributed by atoms with Crippen LogP contribution in [0, 0.1) is 23.2 Å². The van der Waals surface area contributed by atoms with Gasteiger partial charge in [-0.05, 0) is 24.7 Å². The summed E-state index contributed by atoms with van der Waals surface area (Å²) in [5.74, 6) is 0.0667. The summed E-state index contributed by atoms with van der Waals surface area (Å²) in [6.45, 7) is 2.36. The number of nitrogens with zero attached hydrogens (tertiary/aromatic N) is 1. The minimum atomic E-state index is -3.33. The van der Waals surface area contributed by atoms with Crippen molar-refractivity contribution in [2.75, 3.05) is 20.0 Å². The molecule has 0 aromatic heterocycles. The quantitative estimate of drug-likeness (QED) is 0.726. The van der Waals surface area contributed by atoms with Crippen LogP contribution in [0.4, 0.5) is 0 Å². The minimum absolute atomic E-state index is 0.113. The number of hydrogen-bond donors (Lipinski definition) is 0. The molecule has 3 atom stereocenters. The van der Waals surface area contributed by atoms with Gasteiger partial charge in [0.2, 0.25) is 0 Å². The normalized spacial score (nSPS) is 36.4. The smallest absolute Gasteiger partial charge is 0.166 e. The van der Waals surface area contributed by atoms with Crippen molar-refractivity contribution in [2.24, 2.45) is 11.8 Å². The van der Waals surface area contributed by atoms with Gasteiger partial charge in [-0.25, -0.2) is 8.42 Å². The summed E-state index contributed by atoms with van der Waals surface area (Å²) >= 11 is 0. The average Bonchev–Trinajstić information content (AvgIpc) is 2.43. The van der Waals surface area contributed by atoms with Gasteiger partial charge in [-0.1, -0.05) is 6.92 Å². The molecular weight excluding hydrogens is 214 g/mol. The Morgan fingerprint density at radius 1 is 1.60 bits per heavy atom. The number of sulfone groups is 1. The number of ether oxygens (including phenoxy) is 1. The van der Waals surface area contributed by atoms with Crippen LogP contribution in [0.15, 0.2) is 0 Å². The van der Waals surface area contributed by atoms with E-state index in [0.717, 1.165) is 12.7 Å². The second-order valence-corrected chi connectivity index (χ2v) is 6.71. The molecule has 4 nitrogen and oxygen atoms in total. The third kappa shape index (κ3) is 2.01. The van der Waals surface area contributed by atoms with Crippen LogP contribution in [-0.2, 0) is 14.6 Å². The van der Waals surface area contributed by atoms with Gasteiger partial charge in [-0.3, -0.25) is 0 Å². The Labute approximate surface area is 91.1 Å². The molecule has 0 aromatic carbocycles. The van der Waals surface area contributed by atoms with Crippen LogP contribution in [0.5, 0.6) is 0 Å². The Bertz CT molecular complexity index is 371. The molecule has 0 unspecified atom stereocenters. The van der Waals surface area contributed by atoms with E-state index in [1.54, 1.807) is 7.11 Å². The van der Waals surface area contributed by atoms with E-state index in [1.807, 2.05) is 13.0 Å². The van der Waals surface area contributed by atoms with Crippen LogP contribution >= 0.6 is 0 Å². The van der Waals surface area contributed by atoms with Crippen molar-refractivity contribution in [1.29, 1.82) is 5.26 Å². The highest BCUT2D eigenvalue weighted by Gasteiger charge is 2.52. The Morgan fingerprint density at radius 2 is 2.20 bits per heavy atom. The summed E-state index contributed by atoms with van der Waals surface area (Å²) in [7, 11) is -1.74. The first-order chi connectivity index (χ1) is 6.87. The summed E-state index contributed by atoms with van der Waals surface area (Å²) in [5, 5.41) is 9.14. The predicted molar refractivity (Wildman–Crippen MR) is 57.0 cm³/mol. The molecule has 0 radical (unpaired) electrons. The third-order valence-electron chi connectivity index (χ3n) is 3.33. The Hall–Kier alpha value is -0.600. The van der Waals surface area contributed by atoms with Gasteiger partial charge in [0.05, 0.1) is 6.07 Å². The highest BCUT2D eigenvalue weighted by molar-refractivity contribution is 7.92. The van der Waals surface area contributed by atoms with Gasteiger partial charge in [0, 0.05) is 20.0 Å². The van der Waals surface area contributed by atoms with Gasteiger partial charge in [-0.2, -0.15) is 5.26 Å². The van der Waals surface area contributed by atoms with Crippen molar-refractivity contribution < 1.29 is 13.2 Å². The zero-order valence-electron chi connectivity index (χ0n) is 9.36. The van der Waals surface area contributed by atoms with Crippen LogP contribution in [-0.4, -0.2) is 33.1 Å². The fourth-order valence-corrected chi connectivity index (χ4v) is 4.05. The molecule has 0 bridgehead atoms. The molecule has 0 aliphatic heterocycles. The minimum Gasteiger partial charge on any atom is -0.384 e. The topological polar surface area (TPSA) is 67.2 Å². The van der Waals surface area contributed by atoms with E-state index in [4.69, 9.17) is 10.00 Å². The van der Waals surface area contributed by atoms with E-state index in [1.165, 1.54) is 0 Å².